The Bertz CT molecular complexity index is 1780. The summed E-state index contributed by atoms with van der Waals surface area (Å²) >= 11 is 0. The largest absolute Gasteiger partial charge is 0.508 e. The van der Waals surface area contributed by atoms with E-state index in [2.05, 4.69) is 15.2 Å². The molecule has 5 aromatic rings. The number of nitrogens with zero attached hydrogens (tertiary/aromatic N) is 2. The number of nitrogens with one attached hydrogen (secondary N) is 2. The number of phenols is 1. The van der Waals surface area contributed by atoms with Crippen molar-refractivity contribution in [2.75, 3.05) is 18.0 Å². The Labute approximate surface area is 246 Å². The second kappa shape index (κ2) is 11.6. The highest BCUT2D eigenvalue weighted by atomic mass is 19.1. The van der Waals surface area contributed by atoms with Gasteiger partial charge in [0.05, 0.1) is 11.0 Å². The molecule has 1 saturated heterocycles. The minimum atomic E-state index is -0.977. The van der Waals surface area contributed by atoms with E-state index in [0.717, 1.165) is 54.7 Å². The van der Waals surface area contributed by atoms with Crippen molar-refractivity contribution < 1.29 is 19.2 Å². The number of fused-ring (bicyclic) bond motifs is 1. The average molecular weight is 580 g/mol. The number of hydrogen-bond donors (Lipinski definition) is 4. The number of aromatic amines is 1. The molecule has 4 aromatic carbocycles. The summed E-state index contributed by atoms with van der Waals surface area (Å²) in [7, 11) is 0. The predicted molar refractivity (Wildman–Crippen MR) is 164 cm³/mol. The van der Waals surface area contributed by atoms with Crippen molar-refractivity contribution in [2.24, 2.45) is 5.73 Å². The van der Waals surface area contributed by atoms with E-state index in [1.807, 2.05) is 48.5 Å². The number of carbonyl (C=O) groups excluding carboxylic acids is 1. The van der Waals surface area contributed by atoms with Crippen LogP contribution in [-0.2, 0) is 0 Å². The van der Waals surface area contributed by atoms with Gasteiger partial charge in [-0.05, 0) is 77.9 Å². The number of para-hydroxylation sites is 1. The third-order valence-corrected chi connectivity index (χ3v) is 7.93. The molecule has 218 valence electrons. The predicted octanol–water partition coefficient (Wildman–Crippen LogP) is 6.03. The van der Waals surface area contributed by atoms with E-state index in [1.165, 1.54) is 18.2 Å². The molecule has 10 heteroatoms. The molecule has 0 saturated carbocycles. The number of anilines is 1. The number of benzene rings is 4. The lowest BCUT2D eigenvalue weighted by atomic mass is 9.99. The van der Waals surface area contributed by atoms with E-state index in [0.29, 0.717) is 16.8 Å². The number of nitro groups is 1. The number of nitrogens with two attached hydrogens (primary N) is 1. The lowest BCUT2D eigenvalue weighted by Crippen LogP contribution is -2.39. The van der Waals surface area contributed by atoms with Gasteiger partial charge in [0.25, 0.3) is 11.6 Å². The van der Waals surface area contributed by atoms with Gasteiger partial charge in [-0.1, -0.05) is 30.3 Å². The number of nitro benzene ring substituents is 1. The molecule has 1 amide bonds. The molecule has 1 aliphatic rings. The molecule has 1 aromatic heterocycles. The number of phenolic OH excluding ortho intramolecular Hbond substituents is 1. The third-order valence-electron chi connectivity index (χ3n) is 7.93. The zero-order valence-corrected chi connectivity index (χ0v) is 23.2. The number of halogens is 1. The van der Waals surface area contributed by atoms with Crippen molar-refractivity contribution in [2.45, 2.75) is 24.9 Å². The van der Waals surface area contributed by atoms with Crippen LogP contribution in [-0.4, -0.2) is 40.1 Å². The Kier molecular flexibility index (Phi) is 7.52. The van der Waals surface area contributed by atoms with E-state index in [-0.39, 0.29) is 28.6 Å². The van der Waals surface area contributed by atoms with Crippen LogP contribution in [0.4, 0.5) is 15.8 Å². The maximum atomic E-state index is 14.3. The normalized spacial score (nSPS) is 14.5. The van der Waals surface area contributed by atoms with Crippen LogP contribution in [0.15, 0.2) is 91.0 Å². The van der Waals surface area contributed by atoms with Crippen LogP contribution in [0.5, 0.6) is 5.75 Å². The first-order valence-electron chi connectivity index (χ1n) is 14.0. The van der Waals surface area contributed by atoms with Gasteiger partial charge in [0, 0.05) is 59.3 Å². The summed E-state index contributed by atoms with van der Waals surface area (Å²) in [5.41, 5.74) is 9.54. The number of rotatable bonds is 7. The molecule has 0 radical (unpaired) electrons. The van der Waals surface area contributed by atoms with Crippen LogP contribution in [0.25, 0.3) is 22.0 Å². The zero-order valence-electron chi connectivity index (χ0n) is 23.2. The highest BCUT2D eigenvalue weighted by Crippen LogP contribution is 2.33. The van der Waals surface area contributed by atoms with Crippen molar-refractivity contribution in [1.29, 1.82) is 0 Å². The first-order valence-corrected chi connectivity index (χ1v) is 14.0. The summed E-state index contributed by atoms with van der Waals surface area (Å²) in [5.74, 6) is -1.42. The van der Waals surface area contributed by atoms with Gasteiger partial charge in [-0.25, -0.2) is 4.39 Å². The number of carbonyl (C=O) groups is 1. The average Bonchev–Trinajstić information content (AvgIpc) is 3.45. The number of aromatic hydroxyl groups is 1. The van der Waals surface area contributed by atoms with Crippen LogP contribution in [0, 0.1) is 15.9 Å². The number of aromatic nitrogens is 1. The van der Waals surface area contributed by atoms with E-state index >= 15 is 0 Å². The summed E-state index contributed by atoms with van der Waals surface area (Å²) in [4.78, 5) is 30.5. The highest BCUT2D eigenvalue weighted by Gasteiger charge is 2.25. The molecular weight excluding hydrogens is 549 g/mol. The van der Waals surface area contributed by atoms with Crippen LogP contribution in [0.3, 0.4) is 0 Å². The summed E-state index contributed by atoms with van der Waals surface area (Å²) in [5, 5.41) is 26.2. The maximum Gasteiger partial charge on any atom is 0.270 e. The fourth-order valence-electron chi connectivity index (χ4n) is 5.58. The van der Waals surface area contributed by atoms with Crippen LogP contribution in [0.2, 0.25) is 0 Å². The first-order chi connectivity index (χ1) is 20.7. The van der Waals surface area contributed by atoms with Gasteiger partial charge in [0.15, 0.2) is 0 Å². The minimum absolute atomic E-state index is 0.0512. The molecule has 0 bridgehead atoms. The lowest BCUT2D eigenvalue weighted by Gasteiger charge is -2.32. The molecule has 1 atom stereocenters. The van der Waals surface area contributed by atoms with Crippen molar-refractivity contribution in [1.82, 2.24) is 10.3 Å². The number of piperidine rings is 1. The van der Waals surface area contributed by atoms with E-state index in [4.69, 9.17) is 5.73 Å². The molecule has 0 spiro atoms. The summed E-state index contributed by atoms with van der Waals surface area (Å²) < 4.78 is 14.3. The maximum absolute atomic E-state index is 14.3. The van der Waals surface area contributed by atoms with E-state index in [9.17, 15) is 24.4 Å². The third kappa shape index (κ3) is 5.91. The smallest absolute Gasteiger partial charge is 0.270 e. The molecule has 2 heterocycles. The van der Waals surface area contributed by atoms with Crippen molar-refractivity contribution >= 4 is 28.2 Å². The Morgan fingerprint density at radius 2 is 1.74 bits per heavy atom. The van der Waals surface area contributed by atoms with Gasteiger partial charge in [-0.3, -0.25) is 14.9 Å². The van der Waals surface area contributed by atoms with Gasteiger partial charge in [0.1, 0.15) is 11.6 Å². The highest BCUT2D eigenvalue weighted by molar-refractivity contribution is 5.97. The fourth-order valence-corrected chi connectivity index (χ4v) is 5.58. The monoisotopic (exact) mass is 579 g/mol. The first kappa shape index (κ1) is 27.9. The number of non-ortho nitro benzene ring substituents is 1. The molecular formula is C33H30FN5O4. The number of amides is 1. The van der Waals surface area contributed by atoms with Gasteiger partial charge in [0.2, 0.25) is 0 Å². The Balaban J connectivity index is 1.34. The molecule has 6 rings (SSSR count). The second-order valence-corrected chi connectivity index (χ2v) is 10.8. The van der Waals surface area contributed by atoms with Crippen LogP contribution >= 0.6 is 0 Å². The number of hydrogen-bond acceptors (Lipinski definition) is 6. The van der Waals surface area contributed by atoms with Gasteiger partial charge in [-0.15, -0.1) is 0 Å². The van der Waals surface area contributed by atoms with Crippen LogP contribution < -0.4 is 16.0 Å². The lowest BCUT2D eigenvalue weighted by molar-refractivity contribution is -0.384. The molecule has 9 nitrogen and oxygen atoms in total. The molecule has 0 unspecified atom stereocenters. The van der Waals surface area contributed by atoms with Crippen molar-refractivity contribution in [3.05, 3.63) is 124 Å². The molecule has 1 fully saturated rings. The SMILES string of the molecule is NC1CCN(c2ccc(-c3cc(C(=O)N[C@@H](c4cc5ccccc5[nH]4)c4cc(F)ccc4O)cc([N+](=O)[O-])c3)cc2)CC1. The molecule has 5 N–H and O–H groups in total. The fraction of sp³-hybridized carbons (Fsp3) is 0.182. The van der Waals surface area contributed by atoms with Crippen LogP contribution in [0.1, 0.15) is 40.5 Å². The summed E-state index contributed by atoms with van der Waals surface area (Å²) in [6.07, 6.45) is 1.83. The number of H-pyrrole nitrogens is 1. The molecule has 1 aliphatic heterocycles. The van der Waals surface area contributed by atoms with E-state index in [1.54, 1.807) is 12.1 Å². The Morgan fingerprint density at radius 1 is 1.00 bits per heavy atom. The summed E-state index contributed by atoms with van der Waals surface area (Å²) in [6.45, 7) is 1.72. The molecule has 0 aliphatic carbocycles. The van der Waals surface area contributed by atoms with E-state index < -0.39 is 22.7 Å². The molecule has 43 heavy (non-hydrogen) atoms. The standard InChI is InChI=1S/C33H30FN5O4/c34-24-7-10-31(40)28(19-24)32(30-18-21-3-1-2-4-29(21)36-30)37-33(41)23-15-22(16-27(17-23)39(42)43)20-5-8-26(9-6-20)38-13-11-25(35)12-14-38/h1-10,15-19,25,32,36,40H,11-14,35H2,(H,37,41)/t32-/m1/s1. The van der Waals surface area contributed by atoms with Crippen molar-refractivity contribution in [3.8, 4) is 16.9 Å². The quantitative estimate of drug-likeness (QED) is 0.137. The van der Waals surface area contributed by atoms with Gasteiger partial charge in [-0.2, -0.15) is 0 Å². The van der Waals surface area contributed by atoms with Gasteiger partial charge >= 0.3 is 0 Å². The van der Waals surface area contributed by atoms with Crippen molar-refractivity contribution in [3.63, 3.8) is 0 Å². The Hall–Kier alpha value is -5.22. The Morgan fingerprint density at radius 3 is 2.47 bits per heavy atom. The second-order valence-electron chi connectivity index (χ2n) is 10.8. The summed E-state index contributed by atoms with van der Waals surface area (Å²) in [6, 6.07) is 23.9. The van der Waals surface area contributed by atoms with Gasteiger partial charge < -0.3 is 26.0 Å². The minimum Gasteiger partial charge on any atom is -0.508 e. The topological polar surface area (TPSA) is 138 Å². The zero-order chi connectivity index (χ0) is 30.1.